The van der Waals surface area contributed by atoms with E-state index in [0.29, 0.717) is 28.5 Å². The van der Waals surface area contributed by atoms with Crippen molar-refractivity contribution in [3.8, 4) is 0 Å². The van der Waals surface area contributed by atoms with E-state index in [1.807, 2.05) is 0 Å². The fourth-order valence-corrected chi connectivity index (χ4v) is 3.04. The maximum absolute atomic E-state index is 13.5. The first kappa shape index (κ1) is 16.4. The molecule has 2 rings (SSSR count). The summed E-state index contributed by atoms with van der Waals surface area (Å²) in [6, 6.07) is 4.80. The molecule has 1 aliphatic rings. The summed E-state index contributed by atoms with van der Waals surface area (Å²) in [5.74, 6) is -0.154. The molecule has 1 aliphatic heterocycles. The maximum atomic E-state index is 13.5. The molecule has 116 valence electrons. The highest BCUT2D eigenvalue weighted by atomic mass is 79.9. The lowest BCUT2D eigenvalue weighted by atomic mass is 10.0. The Bertz CT molecular complexity index is 501. The molecule has 0 spiro atoms. The molecule has 1 saturated heterocycles. The molecule has 0 bridgehead atoms. The Morgan fingerprint density at radius 2 is 2.05 bits per heavy atom. The molecule has 0 aromatic heterocycles. The first-order valence-corrected chi connectivity index (χ1v) is 8.25. The molecule has 0 radical (unpaired) electrons. The van der Waals surface area contributed by atoms with Crippen molar-refractivity contribution in [2.24, 2.45) is 5.92 Å². The SMILES string of the molecule is CC(C)C(CNC(=O)c1ccc(Br)c(F)c1)N1CCCC1. The maximum Gasteiger partial charge on any atom is 0.251 e. The van der Waals surface area contributed by atoms with Crippen molar-refractivity contribution >= 4 is 21.8 Å². The predicted molar refractivity (Wildman–Crippen MR) is 85.9 cm³/mol. The minimum Gasteiger partial charge on any atom is -0.350 e. The van der Waals surface area contributed by atoms with E-state index in [1.54, 1.807) is 12.1 Å². The molecule has 0 saturated carbocycles. The number of nitrogens with one attached hydrogen (secondary N) is 1. The summed E-state index contributed by atoms with van der Waals surface area (Å²) in [7, 11) is 0. The zero-order valence-corrected chi connectivity index (χ0v) is 14.1. The van der Waals surface area contributed by atoms with Gasteiger partial charge in [-0.1, -0.05) is 13.8 Å². The van der Waals surface area contributed by atoms with Gasteiger partial charge in [0.2, 0.25) is 0 Å². The third-order valence-electron chi connectivity index (χ3n) is 4.03. The van der Waals surface area contributed by atoms with Crippen LogP contribution in [0.5, 0.6) is 0 Å². The zero-order valence-electron chi connectivity index (χ0n) is 12.5. The van der Waals surface area contributed by atoms with Crippen LogP contribution in [0.1, 0.15) is 37.0 Å². The summed E-state index contributed by atoms with van der Waals surface area (Å²) >= 11 is 3.09. The van der Waals surface area contributed by atoms with Crippen LogP contribution >= 0.6 is 15.9 Å². The Kier molecular flexibility index (Phi) is 5.76. The lowest BCUT2D eigenvalue weighted by Crippen LogP contribution is -2.45. The monoisotopic (exact) mass is 356 g/mol. The third-order valence-corrected chi connectivity index (χ3v) is 4.68. The highest BCUT2D eigenvalue weighted by molar-refractivity contribution is 9.10. The molecule has 1 heterocycles. The average Bonchev–Trinajstić information content (AvgIpc) is 2.95. The molecule has 1 fully saturated rings. The summed E-state index contributed by atoms with van der Waals surface area (Å²) < 4.78 is 13.8. The predicted octanol–water partition coefficient (Wildman–Crippen LogP) is 3.44. The van der Waals surface area contributed by atoms with Crippen LogP contribution in [-0.4, -0.2) is 36.5 Å². The standard InChI is InChI=1S/C16H22BrFN2O/c1-11(2)15(20-7-3-4-8-20)10-19-16(21)12-5-6-13(17)14(18)9-12/h5-6,9,11,15H,3-4,7-8,10H2,1-2H3,(H,19,21). The molecular formula is C16H22BrFN2O. The van der Waals surface area contributed by atoms with Crippen LogP contribution in [0, 0.1) is 11.7 Å². The van der Waals surface area contributed by atoms with Gasteiger partial charge < -0.3 is 5.32 Å². The van der Waals surface area contributed by atoms with Crippen molar-refractivity contribution in [3.63, 3.8) is 0 Å². The topological polar surface area (TPSA) is 32.3 Å². The summed E-state index contributed by atoms with van der Waals surface area (Å²) in [5.41, 5.74) is 0.361. The van der Waals surface area contributed by atoms with Gasteiger partial charge in [-0.3, -0.25) is 9.69 Å². The highest BCUT2D eigenvalue weighted by Crippen LogP contribution is 2.18. The van der Waals surface area contributed by atoms with Crippen LogP contribution in [0.3, 0.4) is 0 Å². The molecule has 1 atom stereocenters. The zero-order chi connectivity index (χ0) is 15.4. The van der Waals surface area contributed by atoms with Gasteiger partial charge >= 0.3 is 0 Å². The summed E-state index contributed by atoms with van der Waals surface area (Å²) in [4.78, 5) is 14.6. The highest BCUT2D eigenvalue weighted by Gasteiger charge is 2.25. The second kappa shape index (κ2) is 7.36. The van der Waals surface area contributed by atoms with E-state index >= 15 is 0 Å². The van der Waals surface area contributed by atoms with E-state index in [2.05, 4.69) is 40.0 Å². The largest absolute Gasteiger partial charge is 0.350 e. The molecule has 0 aliphatic carbocycles. The van der Waals surface area contributed by atoms with Gasteiger partial charge in [-0.05, 0) is 66.0 Å². The van der Waals surface area contributed by atoms with Crippen molar-refractivity contribution < 1.29 is 9.18 Å². The molecule has 3 nitrogen and oxygen atoms in total. The van der Waals surface area contributed by atoms with E-state index in [1.165, 1.54) is 18.9 Å². The second-order valence-electron chi connectivity index (χ2n) is 5.89. The average molecular weight is 357 g/mol. The van der Waals surface area contributed by atoms with Gasteiger partial charge in [-0.25, -0.2) is 4.39 Å². The number of halogens is 2. The Morgan fingerprint density at radius 1 is 1.38 bits per heavy atom. The van der Waals surface area contributed by atoms with Gasteiger partial charge in [0, 0.05) is 18.2 Å². The van der Waals surface area contributed by atoms with Gasteiger partial charge in [-0.2, -0.15) is 0 Å². The van der Waals surface area contributed by atoms with Crippen LogP contribution in [0.4, 0.5) is 4.39 Å². The summed E-state index contributed by atoms with van der Waals surface area (Å²) in [6.07, 6.45) is 2.46. The molecule has 21 heavy (non-hydrogen) atoms. The van der Waals surface area contributed by atoms with Gasteiger partial charge in [0.1, 0.15) is 5.82 Å². The van der Waals surface area contributed by atoms with E-state index in [0.717, 1.165) is 13.1 Å². The van der Waals surface area contributed by atoms with Crippen LogP contribution in [0.25, 0.3) is 0 Å². The number of likely N-dealkylation sites (tertiary alicyclic amines) is 1. The summed E-state index contributed by atoms with van der Waals surface area (Å²) in [5, 5.41) is 2.94. The first-order chi connectivity index (χ1) is 9.99. The van der Waals surface area contributed by atoms with Gasteiger partial charge in [0.15, 0.2) is 0 Å². The number of carbonyl (C=O) groups is 1. The Morgan fingerprint density at radius 3 is 2.62 bits per heavy atom. The molecular weight excluding hydrogens is 335 g/mol. The van der Waals surface area contributed by atoms with Crippen molar-refractivity contribution in [2.75, 3.05) is 19.6 Å². The van der Waals surface area contributed by atoms with Crippen molar-refractivity contribution in [1.29, 1.82) is 0 Å². The Labute approximate surface area is 134 Å². The number of benzene rings is 1. The number of amides is 1. The number of hydrogen-bond donors (Lipinski definition) is 1. The Balaban J connectivity index is 1.96. The van der Waals surface area contributed by atoms with E-state index in [-0.39, 0.29) is 5.91 Å². The van der Waals surface area contributed by atoms with Gasteiger partial charge in [0.05, 0.1) is 4.47 Å². The quantitative estimate of drug-likeness (QED) is 0.876. The van der Waals surface area contributed by atoms with Crippen LogP contribution < -0.4 is 5.32 Å². The fraction of sp³-hybridized carbons (Fsp3) is 0.562. The van der Waals surface area contributed by atoms with Crippen molar-refractivity contribution in [1.82, 2.24) is 10.2 Å². The third kappa shape index (κ3) is 4.27. The first-order valence-electron chi connectivity index (χ1n) is 7.46. The fourth-order valence-electron chi connectivity index (χ4n) is 2.80. The molecule has 1 aromatic carbocycles. The van der Waals surface area contributed by atoms with E-state index in [4.69, 9.17) is 0 Å². The summed E-state index contributed by atoms with van der Waals surface area (Å²) in [6.45, 7) is 7.16. The molecule has 1 aromatic rings. The number of rotatable bonds is 5. The minimum absolute atomic E-state index is 0.216. The number of carbonyl (C=O) groups excluding carboxylic acids is 1. The molecule has 5 heteroatoms. The lowest BCUT2D eigenvalue weighted by Gasteiger charge is -2.31. The van der Waals surface area contributed by atoms with Gasteiger partial charge in [0.25, 0.3) is 5.91 Å². The molecule has 1 N–H and O–H groups in total. The van der Waals surface area contributed by atoms with Crippen LogP contribution in [0.2, 0.25) is 0 Å². The Hall–Kier alpha value is -0.940. The number of hydrogen-bond acceptors (Lipinski definition) is 2. The molecule has 1 unspecified atom stereocenters. The smallest absolute Gasteiger partial charge is 0.251 e. The minimum atomic E-state index is -0.414. The normalized spacial score (nSPS) is 17.2. The molecule has 1 amide bonds. The van der Waals surface area contributed by atoms with Crippen molar-refractivity contribution in [2.45, 2.75) is 32.7 Å². The number of nitrogens with zero attached hydrogens (tertiary/aromatic N) is 1. The van der Waals surface area contributed by atoms with E-state index < -0.39 is 5.82 Å². The second-order valence-corrected chi connectivity index (χ2v) is 6.75. The van der Waals surface area contributed by atoms with Crippen LogP contribution in [-0.2, 0) is 0 Å². The van der Waals surface area contributed by atoms with Crippen LogP contribution in [0.15, 0.2) is 22.7 Å². The van der Waals surface area contributed by atoms with Gasteiger partial charge in [-0.15, -0.1) is 0 Å². The van der Waals surface area contributed by atoms with Crippen molar-refractivity contribution in [3.05, 3.63) is 34.1 Å². The lowest BCUT2D eigenvalue weighted by molar-refractivity contribution is 0.0927. The van der Waals surface area contributed by atoms with E-state index in [9.17, 15) is 9.18 Å².